The molecule has 13 heavy (non-hydrogen) atoms. The third-order valence-corrected chi connectivity index (χ3v) is 2.75. The molecule has 0 aromatic rings. The molecule has 1 rings (SSSR count). The molecule has 4 heteroatoms. The van der Waals surface area contributed by atoms with Crippen LogP contribution < -0.4 is 0 Å². The number of hydrogen-bond acceptors (Lipinski definition) is 3. The number of hydrogen-bond donors (Lipinski definition) is 0. The van der Waals surface area contributed by atoms with Crippen LogP contribution in [0.1, 0.15) is 6.92 Å². The van der Waals surface area contributed by atoms with Crippen molar-refractivity contribution in [2.24, 2.45) is 0 Å². The van der Waals surface area contributed by atoms with Crippen molar-refractivity contribution in [3.8, 4) is 0 Å². The van der Waals surface area contributed by atoms with Crippen molar-refractivity contribution < 1.29 is 4.79 Å². The van der Waals surface area contributed by atoms with Gasteiger partial charge in [0.2, 0.25) is 0 Å². The molecule has 1 aliphatic rings. The third kappa shape index (κ3) is 3.25. The molecule has 76 valence electrons. The molecule has 0 aliphatic carbocycles. The Morgan fingerprint density at radius 1 is 1.38 bits per heavy atom. The van der Waals surface area contributed by atoms with Crippen LogP contribution in [0.3, 0.4) is 0 Å². The molecular formula is C9H17ClN2O. The van der Waals surface area contributed by atoms with Crippen LogP contribution in [0, 0.1) is 0 Å². The maximum atomic E-state index is 10.5. The van der Waals surface area contributed by atoms with Crippen LogP contribution in [0.4, 0.5) is 0 Å². The Hall–Kier alpha value is -0.120. The highest BCUT2D eigenvalue weighted by Crippen LogP contribution is 2.04. The number of halogens is 1. The monoisotopic (exact) mass is 204 g/mol. The fourth-order valence-electron chi connectivity index (χ4n) is 1.60. The van der Waals surface area contributed by atoms with E-state index in [1.807, 2.05) is 6.92 Å². The number of carbonyl (C=O) groups is 1. The minimum absolute atomic E-state index is 0.0677. The van der Waals surface area contributed by atoms with Crippen LogP contribution in [-0.4, -0.2) is 60.7 Å². The minimum Gasteiger partial charge on any atom is -0.302 e. The van der Waals surface area contributed by atoms with Crippen LogP contribution in [-0.2, 0) is 4.79 Å². The summed E-state index contributed by atoms with van der Waals surface area (Å²) in [6.45, 7) is 6.94. The van der Waals surface area contributed by atoms with E-state index in [2.05, 4.69) is 9.80 Å². The molecule has 1 unspecified atom stereocenters. The Labute approximate surface area is 84.6 Å². The van der Waals surface area contributed by atoms with E-state index in [0.717, 1.165) is 39.0 Å². The van der Waals surface area contributed by atoms with E-state index in [1.165, 1.54) is 0 Å². The highest BCUT2D eigenvalue weighted by Gasteiger charge is 2.19. The number of rotatable bonds is 4. The Kier molecular flexibility index (Phi) is 4.70. The maximum Gasteiger partial charge on any atom is 0.136 e. The molecule has 1 aliphatic heterocycles. The topological polar surface area (TPSA) is 23.6 Å². The quantitative estimate of drug-likeness (QED) is 0.490. The molecule has 3 nitrogen and oxygen atoms in total. The van der Waals surface area contributed by atoms with E-state index in [1.54, 1.807) is 0 Å². The van der Waals surface area contributed by atoms with Gasteiger partial charge in [0, 0.05) is 38.6 Å². The van der Waals surface area contributed by atoms with Gasteiger partial charge in [0.05, 0.1) is 6.04 Å². The highest BCUT2D eigenvalue weighted by molar-refractivity contribution is 6.18. The number of aldehydes is 1. The maximum absolute atomic E-state index is 10.5. The zero-order valence-electron chi connectivity index (χ0n) is 8.08. The zero-order valence-corrected chi connectivity index (χ0v) is 8.83. The highest BCUT2D eigenvalue weighted by atomic mass is 35.5. The lowest BCUT2D eigenvalue weighted by Gasteiger charge is -2.35. The van der Waals surface area contributed by atoms with Gasteiger partial charge in [-0.3, -0.25) is 9.80 Å². The SMILES string of the molecule is CC(C=O)N1CCN(CCCl)CC1. The van der Waals surface area contributed by atoms with Crippen molar-refractivity contribution in [2.75, 3.05) is 38.6 Å². The van der Waals surface area contributed by atoms with E-state index < -0.39 is 0 Å². The summed E-state index contributed by atoms with van der Waals surface area (Å²) in [5.41, 5.74) is 0. The van der Waals surface area contributed by atoms with Gasteiger partial charge < -0.3 is 4.79 Å². The predicted molar refractivity (Wildman–Crippen MR) is 54.3 cm³/mol. The summed E-state index contributed by atoms with van der Waals surface area (Å²) in [5.74, 6) is 0.698. The first-order valence-electron chi connectivity index (χ1n) is 4.75. The molecule has 0 amide bonds. The van der Waals surface area contributed by atoms with Gasteiger partial charge in [0.15, 0.2) is 0 Å². The number of alkyl halides is 1. The van der Waals surface area contributed by atoms with E-state index in [4.69, 9.17) is 11.6 Å². The Balaban J connectivity index is 2.26. The molecule has 1 fully saturated rings. The summed E-state index contributed by atoms with van der Waals surface area (Å²) < 4.78 is 0. The van der Waals surface area contributed by atoms with Crippen molar-refractivity contribution in [1.29, 1.82) is 0 Å². The minimum atomic E-state index is 0.0677. The van der Waals surface area contributed by atoms with E-state index >= 15 is 0 Å². The first-order chi connectivity index (χ1) is 6.27. The second-order valence-corrected chi connectivity index (χ2v) is 3.82. The lowest BCUT2D eigenvalue weighted by Crippen LogP contribution is -2.50. The van der Waals surface area contributed by atoms with Crippen molar-refractivity contribution in [3.05, 3.63) is 0 Å². The van der Waals surface area contributed by atoms with Gasteiger partial charge in [0.1, 0.15) is 6.29 Å². The second-order valence-electron chi connectivity index (χ2n) is 3.44. The summed E-state index contributed by atoms with van der Waals surface area (Å²) in [7, 11) is 0. The van der Waals surface area contributed by atoms with Gasteiger partial charge in [-0.15, -0.1) is 11.6 Å². The summed E-state index contributed by atoms with van der Waals surface area (Å²) >= 11 is 5.65. The Morgan fingerprint density at radius 2 is 2.00 bits per heavy atom. The fraction of sp³-hybridized carbons (Fsp3) is 0.889. The first kappa shape index (κ1) is 11.0. The normalized spacial score (nSPS) is 22.9. The zero-order chi connectivity index (χ0) is 9.68. The van der Waals surface area contributed by atoms with Crippen molar-refractivity contribution in [2.45, 2.75) is 13.0 Å². The van der Waals surface area contributed by atoms with Crippen LogP contribution in [0.2, 0.25) is 0 Å². The lowest BCUT2D eigenvalue weighted by atomic mass is 10.2. The standard InChI is InChI=1S/C9H17ClN2O/c1-9(8-13)12-6-4-11(3-2-10)5-7-12/h8-9H,2-7H2,1H3. The van der Waals surface area contributed by atoms with Gasteiger partial charge in [-0.25, -0.2) is 0 Å². The third-order valence-electron chi connectivity index (χ3n) is 2.58. The van der Waals surface area contributed by atoms with Gasteiger partial charge in [-0.05, 0) is 6.92 Å². The van der Waals surface area contributed by atoms with Gasteiger partial charge in [0.25, 0.3) is 0 Å². The van der Waals surface area contributed by atoms with E-state index in [0.29, 0.717) is 5.88 Å². The number of carbonyl (C=O) groups excluding carboxylic acids is 1. The molecule has 1 heterocycles. The van der Waals surface area contributed by atoms with Gasteiger partial charge in [-0.1, -0.05) is 0 Å². The fourth-order valence-corrected chi connectivity index (χ4v) is 1.84. The smallest absolute Gasteiger partial charge is 0.136 e. The van der Waals surface area contributed by atoms with Crippen LogP contribution >= 0.6 is 11.6 Å². The summed E-state index contributed by atoms with van der Waals surface area (Å²) in [4.78, 5) is 15.1. The Morgan fingerprint density at radius 3 is 2.46 bits per heavy atom. The average Bonchev–Trinajstić information content (AvgIpc) is 2.18. The van der Waals surface area contributed by atoms with Gasteiger partial charge >= 0.3 is 0 Å². The molecule has 0 aromatic carbocycles. The summed E-state index contributed by atoms with van der Waals surface area (Å²) in [6.07, 6.45) is 1.01. The largest absolute Gasteiger partial charge is 0.302 e. The lowest BCUT2D eigenvalue weighted by molar-refractivity contribution is -0.112. The van der Waals surface area contributed by atoms with E-state index in [-0.39, 0.29) is 6.04 Å². The van der Waals surface area contributed by atoms with Crippen molar-refractivity contribution >= 4 is 17.9 Å². The molecule has 1 saturated heterocycles. The van der Waals surface area contributed by atoms with Crippen LogP contribution in [0.25, 0.3) is 0 Å². The number of piperazine rings is 1. The van der Waals surface area contributed by atoms with Crippen molar-refractivity contribution in [1.82, 2.24) is 9.80 Å². The predicted octanol–water partition coefficient (Wildman–Crippen LogP) is 0.430. The molecule has 0 aromatic heterocycles. The first-order valence-corrected chi connectivity index (χ1v) is 5.29. The molecule has 0 bridgehead atoms. The second kappa shape index (κ2) is 5.58. The number of nitrogens with zero attached hydrogens (tertiary/aromatic N) is 2. The molecular weight excluding hydrogens is 188 g/mol. The Bertz CT molecular complexity index is 158. The summed E-state index contributed by atoms with van der Waals surface area (Å²) in [5, 5.41) is 0. The summed E-state index contributed by atoms with van der Waals surface area (Å²) in [6, 6.07) is 0.0677. The molecule has 0 saturated carbocycles. The van der Waals surface area contributed by atoms with E-state index in [9.17, 15) is 4.79 Å². The van der Waals surface area contributed by atoms with Crippen molar-refractivity contribution in [3.63, 3.8) is 0 Å². The van der Waals surface area contributed by atoms with Crippen LogP contribution in [0.15, 0.2) is 0 Å². The molecule has 1 atom stereocenters. The average molecular weight is 205 g/mol. The van der Waals surface area contributed by atoms with Crippen LogP contribution in [0.5, 0.6) is 0 Å². The van der Waals surface area contributed by atoms with Gasteiger partial charge in [-0.2, -0.15) is 0 Å². The molecule has 0 spiro atoms. The molecule has 0 N–H and O–H groups in total. The molecule has 0 radical (unpaired) electrons.